The predicted molar refractivity (Wildman–Crippen MR) is 40.9 cm³/mol. The molecule has 50 valence electrons. The van der Waals surface area contributed by atoms with E-state index in [1.165, 1.54) is 0 Å². The molecule has 1 aliphatic heterocycles. The quantitative estimate of drug-likeness (QED) is 0.467. The molecule has 0 aromatic heterocycles. The minimum absolute atomic E-state index is 0.120. The lowest BCUT2D eigenvalue weighted by Crippen LogP contribution is -2.27. The largest absolute Gasteiger partial charge is 0.287 e. The number of hydrogen-bond donors (Lipinski definition) is 0. The van der Waals surface area contributed by atoms with Crippen molar-refractivity contribution in [3.05, 3.63) is 12.2 Å². The molecule has 0 saturated carbocycles. The fourth-order valence-electron chi connectivity index (χ4n) is 0.805. The van der Waals surface area contributed by atoms with E-state index in [0.29, 0.717) is 5.92 Å². The molecule has 1 unspecified atom stereocenters. The van der Waals surface area contributed by atoms with Crippen LogP contribution >= 0.6 is 0 Å². The van der Waals surface area contributed by atoms with Crippen molar-refractivity contribution in [3.63, 3.8) is 0 Å². The van der Waals surface area contributed by atoms with Gasteiger partial charge in [-0.2, -0.15) is 0 Å². The van der Waals surface area contributed by atoms with Crippen molar-refractivity contribution in [2.24, 2.45) is 10.9 Å². The number of dihydropyridines is 1. The van der Waals surface area contributed by atoms with Gasteiger partial charge in [0.25, 0.3) is 0 Å². The third-order valence-corrected chi connectivity index (χ3v) is 2.01. The number of aliphatic imine (C=N–C) groups is 1. The minimum Gasteiger partial charge on any atom is -0.287 e. The highest BCUT2D eigenvalue weighted by atomic mass is 14.8. The molecule has 1 heterocycles. The van der Waals surface area contributed by atoms with Gasteiger partial charge in [0.1, 0.15) is 0 Å². The molecule has 0 N–H and O–H groups in total. The van der Waals surface area contributed by atoms with E-state index in [2.05, 4.69) is 31.8 Å². The molecule has 0 fully saturated rings. The van der Waals surface area contributed by atoms with E-state index in [1.807, 2.05) is 12.3 Å². The van der Waals surface area contributed by atoms with E-state index >= 15 is 0 Å². The molecule has 0 aliphatic carbocycles. The summed E-state index contributed by atoms with van der Waals surface area (Å²) in [6.07, 6.45) is 6.07. The first-order valence-electron chi connectivity index (χ1n) is 3.35. The maximum atomic E-state index is 4.33. The predicted octanol–water partition coefficient (Wildman–Crippen LogP) is 2.04. The summed E-state index contributed by atoms with van der Waals surface area (Å²) in [6.45, 7) is 6.49. The third-order valence-electron chi connectivity index (χ3n) is 2.01. The van der Waals surface area contributed by atoms with Crippen LogP contribution in [0.15, 0.2) is 17.1 Å². The monoisotopic (exact) mass is 123 g/mol. The summed E-state index contributed by atoms with van der Waals surface area (Å²) in [6, 6.07) is 0. The average molecular weight is 123 g/mol. The van der Waals surface area contributed by atoms with Gasteiger partial charge in [0.05, 0.1) is 5.54 Å². The Hall–Kier alpha value is -0.590. The Bertz CT molecular complexity index is 154. The van der Waals surface area contributed by atoms with E-state index in [-0.39, 0.29) is 5.54 Å². The third kappa shape index (κ3) is 1.21. The van der Waals surface area contributed by atoms with Crippen LogP contribution in [0.4, 0.5) is 0 Å². The molecule has 0 bridgehead atoms. The average Bonchev–Trinajstić information content (AvgIpc) is 1.77. The first kappa shape index (κ1) is 6.53. The van der Waals surface area contributed by atoms with Crippen molar-refractivity contribution in [2.75, 3.05) is 0 Å². The van der Waals surface area contributed by atoms with E-state index in [4.69, 9.17) is 0 Å². The van der Waals surface area contributed by atoms with E-state index in [9.17, 15) is 0 Å². The van der Waals surface area contributed by atoms with Crippen LogP contribution in [0.25, 0.3) is 0 Å². The molecule has 1 rings (SSSR count). The lowest BCUT2D eigenvalue weighted by atomic mass is 9.88. The number of allylic oxidation sites excluding steroid dienone is 1. The Kier molecular flexibility index (Phi) is 1.43. The van der Waals surface area contributed by atoms with Gasteiger partial charge in [0.15, 0.2) is 0 Å². The van der Waals surface area contributed by atoms with Gasteiger partial charge in [0.2, 0.25) is 0 Å². The molecule has 0 aromatic carbocycles. The Morgan fingerprint density at radius 3 is 2.44 bits per heavy atom. The van der Waals surface area contributed by atoms with Crippen molar-refractivity contribution in [1.82, 2.24) is 0 Å². The van der Waals surface area contributed by atoms with E-state index < -0.39 is 0 Å². The van der Waals surface area contributed by atoms with Gasteiger partial charge in [-0.3, -0.25) is 4.99 Å². The van der Waals surface area contributed by atoms with Crippen molar-refractivity contribution >= 4 is 6.21 Å². The van der Waals surface area contributed by atoms with Crippen LogP contribution in [0.2, 0.25) is 0 Å². The van der Waals surface area contributed by atoms with Crippen LogP contribution in [-0.2, 0) is 0 Å². The zero-order chi connectivity index (χ0) is 6.91. The van der Waals surface area contributed by atoms with Gasteiger partial charge in [-0.05, 0) is 25.8 Å². The van der Waals surface area contributed by atoms with E-state index in [0.717, 1.165) is 0 Å². The highest BCUT2D eigenvalue weighted by Crippen LogP contribution is 2.23. The number of rotatable bonds is 0. The number of nitrogens with zero attached hydrogens (tertiary/aromatic N) is 1. The highest BCUT2D eigenvalue weighted by molar-refractivity contribution is 5.72. The van der Waals surface area contributed by atoms with Crippen LogP contribution in [-0.4, -0.2) is 11.8 Å². The highest BCUT2D eigenvalue weighted by Gasteiger charge is 2.22. The van der Waals surface area contributed by atoms with Crippen LogP contribution in [0.5, 0.6) is 0 Å². The summed E-state index contributed by atoms with van der Waals surface area (Å²) in [7, 11) is 0. The molecular weight excluding hydrogens is 110 g/mol. The first-order chi connectivity index (χ1) is 4.13. The summed E-state index contributed by atoms with van der Waals surface area (Å²) in [5.41, 5.74) is 0.120. The summed E-state index contributed by atoms with van der Waals surface area (Å²) in [5, 5.41) is 0. The van der Waals surface area contributed by atoms with Gasteiger partial charge in [-0.15, -0.1) is 0 Å². The molecule has 0 amide bonds. The minimum atomic E-state index is 0.120. The van der Waals surface area contributed by atoms with Crippen molar-refractivity contribution in [2.45, 2.75) is 26.3 Å². The molecule has 0 radical (unpaired) electrons. The zero-order valence-corrected chi connectivity index (χ0v) is 6.26. The fraction of sp³-hybridized carbons (Fsp3) is 0.625. The summed E-state index contributed by atoms with van der Waals surface area (Å²) in [4.78, 5) is 4.33. The Balaban J connectivity index is 2.78. The van der Waals surface area contributed by atoms with Crippen molar-refractivity contribution in [1.29, 1.82) is 0 Å². The first-order valence-corrected chi connectivity index (χ1v) is 3.35. The second-order valence-electron chi connectivity index (χ2n) is 3.11. The topological polar surface area (TPSA) is 12.4 Å². The van der Waals surface area contributed by atoms with Gasteiger partial charge in [0, 0.05) is 6.21 Å². The standard InChI is InChI=1S/C8H13N/c1-7-5-4-6-9-8(7,2)3/h4-7H,1-3H3. The SMILES string of the molecule is CC1C=CC=NC1(C)C. The second kappa shape index (κ2) is 1.98. The van der Waals surface area contributed by atoms with Gasteiger partial charge in [-0.25, -0.2) is 0 Å². The van der Waals surface area contributed by atoms with Gasteiger partial charge < -0.3 is 0 Å². The fourth-order valence-corrected chi connectivity index (χ4v) is 0.805. The lowest BCUT2D eigenvalue weighted by molar-refractivity contribution is 0.410. The summed E-state index contributed by atoms with van der Waals surface area (Å²) < 4.78 is 0. The molecule has 1 atom stereocenters. The van der Waals surface area contributed by atoms with E-state index in [1.54, 1.807) is 0 Å². The van der Waals surface area contributed by atoms with Crippen LogP contribution < -0.4 is 0 Å². The maximum absolute atomic E-state index is 4.33. The van der Waals surface area contributed by atoms with Gasteiger partial charge >= 0.3 is 0 Å². The van der Waals surface area contributed by atoms with Crippen LogP contribution in [0, 0.1) is 5.92 Å². The summed E-state index contributed by atoms with van der Waals surface area (Å²) in [5.74, 6) is 0.572. The molecular formula is C8H13N. The summed E-state index contributed by atoms with van der Waals surface area (Å²) >= 11 is 0. The molecule has 1 heteroatoms. The van der Waals surface area contributed by atoms with Crippen LogP contribution in [0.1, 0.15) is 20.8 Å². The van der Waals surface area contributed by atoms with Crippen molar-refractivity contribution < 1.29 is 0 Å². The lowest BCUT2D eigenvalue weighted by Gasteiger charge is -2.26. The molecule has 1 nitrogen and oxygen atoms in total. The maximum Gasteiger partial charge on any atom is 0.0611 e. The van der Waals surface area contributed by atoms with Gasteiger partial charge in [-0.1, -0.05) is 13.0 Å². The molecule has 0 saturated heterocycles. The zero-order valence-electron chi connectivity index (χ0n) is 6.26. The number of hydrogen-bond acceptors (Lipinski definition) is 1. The Morgan fingerprint density at radius 2 is 2.11 bits per heavy atom. The Labute approximate surface area is 56.5 Å². The second-order valence-corrected chi connectivity index (χ2v) is 3.11. The molecule has 0 aromatic rings. The smallest absolute Gasteiger partial charge is 0.0611 e. The van der Waals surface area contributed by atoms with Crippen LogP contribution in [0.3, 0.4) is 0 Å². The molecule has 1 aliphatic rings. The normalized spacial score (nSPS) is 30.8. The molecule has 9 heavy (non-hydrogen) atoms. The van der Waals surface area contributed by atoms with Crippen molar-refractivity contribution in [3.8, 4) is 0 Å². The Morgan fingerprint density at radius 1 is 1.44 bits per heavy atom. The molecule has 0 spiro atoms.